The average Bonchev–Trinajstić information content (AvgIpc) is 3.16. The van der Waals surface area contributed by atoms with E-state index in [9.17, 15) is 20.0 Å². The van der Waals surface area contributed by atoms with Crippen molar-refractivity contribution in [2.75, 3.05) is 10.6 Å². The number of nitrogens with zero attached hydrogens (tertiary/aromatic N) is 3. The number of benzene rings is 2. The summed E-state index contributed by atoms with van der Waals surface area (Å²) in [5, 5.41) is 28.9. The van der Waals surface area contributed by atoms with Crippen LogP contribution in [0.15, 0.2) is 72.1 Å². The van der Waals surface area contributed by atoms with Gasteiger partial charge in [0, 0.05) is 11.4 Å². The van der Waals surface area contributed by atoms with E-state index in [0.717, 1.165) is 0 Å². The summed E-state index contributed by atoms with van der Waals surface area (Å²) in [6, 6.07) is 16.8. The molecule has 1 atom stereocenters. The second kappa shape index (κ2) is 7.56. The van der Waals surface area contributed by atoms with Gasteiger partial charge in [-0.25, -0.2) is 9.48 Å². The van der Waals surface area contributed by atoms with Crippen LogP contribution < -0.4 is 10.6 Å². The van der Waals surface area contributed by atoms with Gasteiger partial charge in [0.25, 0.3) is 5.91 Å². The van der Waals surface area contributed by atoms with Crippen LogP contribution in [0.2, 0.25) is 0 Å². The van der Waals surface area contributed by atoms with Crippen molar-refractivity contribution in [2.45, 2.75) is 13.0 Å². The molecule has 1 aromatic heterocycles. The van der Waals surface area contributed by atoms with Crippen molar-refractivity contribution in [2.24, 2.45) is 0 Å². The number of para-hydroxylation sites is 1. The summed E-state index contributed by atoms with van der Waals surface area (Å²) in [5.41, 5.74) is 2.81. The Bertz CT molecular complexity index is 1200. The van der Waals surface area contributed by atoms with Crippen molar-refractivity contribution >= 4 is 23.4 Å². The molecule has 0 saturated carbocycles. The summed E-state index contributed by atoms with van der Waals surface area (Å²) in [6.07, 6.45) is 1.44. The van der Waals surface area contributed by atoms with Gasteiger partial charge in [-0.05, 0) is 36.8 Å². The lowest BCUT2D eigenvalue weighted by molar-refractivity contribution is -0.113. The molecule has 1 aliphatic heterocycles. The number of carboxylic acid groups (broad SMARTS) is 1. The third kappa shape index (κ3) is 3.29. The number of amides is 1. The lowest BCUT2D eigenvalue weighted by Crippen LogP contribution is -2.31. The van der Waals surface area contributed by atoms with Gasteiger partial charge in [0.1, 0.15) is 23.5 Å². The predicted octanol–water partition coefficient (Wildman–Crippen LogP) is 3.38. The van der Waals surface area contributed by atoms with E-state index in [-0.39, 0.29) is 11.5 Å². The molecule has 4 rings (SSSR count). The molecule has 0 fully saturated rings. The predicted molar refractivity (Wildman–Crippen MR) is 110 cm³/mol. The molecule has 8 nitrogen and oxygen atoms in total. The number of rotatable bonds is 4. The first-order chi connectivity index (χ1) is 14.5. The normalized spacial score (nSPS) is 15.0. The zero-order chi connectivity index (χ0) is 21.3. The molecular weight excluding hydrogens is 382 g/mol. The highest BCUT2D eigenvalue weighted by molar-refractivity contribution is 6.06. The van der Waals surface area contributed by atoms with Crippen molar-refractivity contribution in [1.82, 2.24) is 9.78 Å². The first kappa shape index (κ1) is 19.0. The van der Waals surface area contributed by atoms with Gasteiger partial charge in [0.05, 0.1) is 17.3 Å². The van der Waals surface area contributed by atoms with Gasteiger partial charge in [-0.15, -0.1) is 0 Å². The van der Waals surface area contributed by atoms with E-state index in [1.165, 1.54) is 18.3 Å². The maximum Gasteiger partial charge on any atom is 0.335 e. The minimum absolute atomic E-state index is 0.141. The lowest BCUT2D eigenvalue weighted by atomic mass is 9.94. The Morgan fingerprint density at radius 2 is 1.87 bits per heavy atom. The van der Waals surface area contributed by atoms with Gasteiger partial charge < -0.3 is 15.7 Å². The Labute approximate surface area is 172 Å². The number of carbonyl (C=O) groups is 2. The van der Waals surface area contributed by atoms with Crippen molar-refractivity contribution < 1.29 is 14.7 Å². The van der Waals surface area contributed by atoms with Crippen molar-refractivity contribution in [3.8, 4) is 6.07 Å². The van der Waals surface area contributed by atoms with E-state index in [1.807, 2.05) is 18.2 Å². The van der Waals surface area contributed by atoms with E-state index in [4.69, 9.17) is 0 Å². The Morgan fingerprint density at radius 1 is 1.17 bits per heavy atom. The molecule has 8 heteroatoms. The number of fused-ring (bicyclic) bond motifs is 1. The summed E-state index contributed by atoms with van der Waals surface area (Å²) < 4.78 is 1.57. The number of nitriles is 1. The van der Waals surface area contributed by atoms with Gasteiger partial charge in [0.15, 0.2) is 0 Å². The molecular formula is C22H17N5O3. The second-order valence-electron chi connectivity index (χ2n) is 6.78. The quantitative estimate of drug-likeness (QED) is 0.619. The third-order valence-electron chi connectivity index (χ3n) is 4.89. The van der Waals surface area contributed by atoms with Gasteiger partial charge in [0.2, 0.25) is 0 Å². The first-order valence-corrected chi connectivity index (χ1v) is 9.14. The van der Waals surface area contributed by atoms with E-state index in [0.29, 0.717) is 33.9 Å². The maximum absolute atomic E-state index is 13.2. The third-order valence-corrected chi connectivity index (χ3v) is 4.89. The van der Waals surface area contributed by atoms with Crippen LogP contribution in [0.4, 0.5) is 11.5 Å². The van der Waals surface area contributed by atoms with Crippen LogP contribution in [-0.2, 0) is 4.79 Å². The molecule has 0 aliphatic carbocycles. The van der Waals surface area contributed by atoms with Crippen LogP contribution in [-0.4, -0.2) is 26.8 Å². The summed E-state index contributed by atoms with van der Waals surface area (Å²) in [7, 11) is 0. The zero-order valence-electron chi connectivity index (χ0n) is 16.0. The smallest absolute Gasteiger partial charge is 0.335 e. The maximum atomic E-state index is 13.2. The summed E-state index contributed by atoms with van der Waals surface area (Å²) >= 11 is 0. The largest absolute Gasteiger partial charge is 0.478 e. The summed E-state index contributed by atoms with van der Waals surface area (Å²) in [4.78, 5) is 24.4. The van der Waals surface area contributed by atoms with E-state index in [2.05, 4.69) is 21.8 Å². The van der Waals surface area contributed by atoms with Crippen LogP contribution in [0.1, 0.15) is 34.5 Å². The molecule has 0 spiro atoms. The fourth-order valence-corrected chi connectivity index (χ4v) is 3.47. The van der Waals surface area contributed by atoms with Crippen LogP contribution in [0.5, 0.6) is 0 Å². The fraction of sp³-hybridized carbons (Fsp3) is 0.0909. The molecule has 0 unspecified atom stereocenters. The molecule has 3 N–H and O–H groups in total. The number of aromatic nitrogens is 2. The topological polar surface area (TPSA) is 120 Å². The zero-order valence-corrected chi connectivity index (χ0v) is 16.0. The lowest BCUT2D eigenvalue weighted by Gasteiger charge is -2.30. The first-order valence-electron chi connectivity index (χ1n) is 9.14. The van der Waals surface area contributed by atoms with Crippen molar-refractivity contribution in [3.63, 3.8) is 0 Å². The van der Waals surface area contributed by atoms with Gasteiger partial charge in [-0.2, -0.15) is 10.4 Å². The minimum Gasteiger partial charge on any atom is -0.478 e. The molecule has 148 valence electrons. The van der Waals surface area contributed by atoms with Crippen LogP contribution in [0, 0.1) is 11.3 Å². The molecule has 1 amide bonds. The fourth-order valence-electron chi connectivity index (χ4n) is 3.47. The number of anilines is 2. The molecule has 0 radical (unpaired) electrons. The Morgan fingerprint density at radius 3 is 2.50 bits per heavy atom. The molecule has 2 aromatic carbocycles. The van der Waals surface area contributed by atoms with Gasteiger partial charge in [-0.1, -0.05) is 30.3 Å². The highest BCUT2D eigenvalue weighted by atomic mass is 16.4. The van der Waals surface area contributed by atoms with E-state index < -0.39 is 12.0 Å². The van der Waals surface area contributed by atoms with Crippen molar-refractivity contribution in [1.29, 1.82) is 5.26 Å². The van der Waals surface area contributed by atoms with E-state index >= 15 is 0 Å². The molecule has 1 aliphatic rings. The van der Waals surface area contributed by atoms with Gasteiger partial charge >= 0.3 is 5.97 Å². The summed E-state index contributed by atoms with van der Waals surface area (Å²) in [5.74, 6) is -0.871. The number of carboxylic acids is 1. The standard InChI is InChI=1S/C22H17N5O3/c1-13-18(21(28)26-17-5-3-2-4-6-17)19(14-7-9-15(10-8-14)22(29)30)27-20(25-13)16(11-23)12-24-27/h2-10,12,19,25H,1H3,(H,26,28)(H,29,30)/t19-/m0/s1. The molecule has 3 aromatic rings. The Kier molecular flexibility index (Phi) is 4.78. The Balaban J connectivity index is 1.81. The highest BCUT2D eigenvalue weighted by Crippen LogP contribution is 2.37. The number of aromatic carboxylic acids is 1. The SMILES string of the molecule is CC1=C(C(=O)Nc2ccccc2)[C@H](c2ccc(C(=O)O)cc2)n2ncc(C#N)c2N1. The number of hydrogen-bond acceptors (Lipinski definition) is 5. The van der Waals surface area contributed by atoms with E-state index in [1.54, 1.807) is 35.9 Å². The number of nitrogens with one attached hydrogen (secondary N) is 2. The molecule has 2 heterocycles. The number of carbonyl (C=O) groups excluding carboxylic acids is 1. The minimum atomic E-state index is -1.04. The second-order valence-corrected chi connectivity index (χ2v) is 6.78. The molecule has 0 saturated heterocycles. The molecule has 30 heavy (non-hydrogen) atoms. The number of allylic oxidation sites excluding steroid dienone is 1. The average molecular weight is 399 g/mol. The summed E-state index contributed by atoms with van der Waals surface area (Å²) in [6.45, 7) is 1.76. The van der Waals surface area contributed by atoms with Crippen LogP contribution in [0.3, 0.4) is 0 Å². The monoisotopic (exact) mass is 399 g/mol. The van der Waals surface area contributed by atoms with Gasteiger partial charge in [-0.3, -0.25) is 4.79 Å². The molecule has 0 bridgehead atoms. The number of hydrogen-bond donors (Lipinski definition) is 3. The van der Waals surface area contributed by atoms with Crippen molar-refractivity contribution in [3.05, 3.63) is 88.8 Å². The van der Waals surface area contributed by atoms with Crippen LogP contribution in [0.25, 0.3) is 0 Å². The van der Waals surface area contributed by atoms with Crippen LogP contribution >= 0.6 is 0 Å². The highest BCUT2D eigenvalue weighted by Gasteiger charge is 2.34. The Hall–Kier alpha value is -4.38.